The fourth-order valence-corrected chi connectivity index (χ4v) is 1.38. The predicted molar refractivity (Wildman–Crippen MR) is 67.2 cm³/mol. The second kappa shape index (κ2) is 8.34. The Hall–Kier alpha value is -1.79. The molecule has 0 heterocycles. The van der Waals surface area contributed by atoms with Crippen molar-refractivity contribution in [1.29, 1.82) is 0 Å². The van der Waals surface area contributed by atoms with Crippen LogP contribution in [0.15, 0.2) is 18.2 Å². The van der Waals surface area contributed by atoms with Gasteiger partial charge in [0.2, 0.25) is 0 Å². The van der Waals surface area contributed by atoms with Crippen molar-refractivity contribution in [2.75, 3.05) is 34.9 Å². The van der Waals surface area contributed by atoms with E-state index in [-0.39, 0.29) is 26.0 Å². The van der Waals surface area contributed by atoms with E-state index in [0.29, 0.717) is 17.1 Å². The Morgan fingerprint density at radius 1 is 1.05 bits per heavy atom. The number of methoxy groups -OCH3 is 3. The molecule has 1 rings (SSSR count). The zero-order valence-corrected chi connectivity index (χ0v) is 11.3. The minimum Gasteiger partial charge on any atom is -0.469 e. The molecule has 0 bridgehead atoms. The van der Waals surface area contributed by atoms with E-state index in [2.05, 4.69) is 4.74 Å². The third kappa shape index (κ3) is 5.15. The predicted octanol–water partition coefficient (Wildman–Crippen LogP) is 1.37. The average molecular weight is 270 g/mol. The maximum absolute atomic E-state index is 11.3. The molecule has 0 aliphatic heterocycles. The summed E-state index contributed by atoms with van der Waals surface area (Å²) < 4.78 is 25.0. The molecule has 0 saturated heterocycles. The van der Waals surface area contributed by atoms with Crippen molar-refractivity contribution in [3.63, 3.8) is 0 Å². The van der Waals surface area contributed by atoms with Crippen LogP contribution in [-0.4, -0.2) is 40.9 Å². The van der Waals surface area contributed by atoms with E-state index in [1.54, 1.807) is 18.2 Å². The summed E-state index contributed by atoms with van der Waals surface area (Å²) in [5.74, 6) is 0.759. The fourth-order valence-electron chi connectivity index (χ4n) is 1.38. The third-order valence-electron chi connectivity index (χ3n) is 2.28. The molecule has 0 aliphatic rings. The van der Waals surface area contributed by atoms with Gasteiger partial charge in [-0.3, -0.25) is 4.79 Å². The first-order chi connectivity index (χ1) is 9.21. The first-order valence-electron chi connectivity index (χ1n) is 5.64. The van der Waals surface area contributed by atoms with Crippen molar-refractivity contribution in [3.8, 4) is 11.5 Å². The molecular weight excluding hydrogens is 252 g/mol. The molecule has 0 amide bonds. The van der Waals surface area contributed by atoms with Crippen LogP contribution in [0.2, 0.25) is 0 Å². The minimum absolute atomic E-state index is 0.0852. The Kier molecular flexibility index (Phi) is 6.70. The Morgan fingerprint density at radius 3 is 2.37 bits per heavy atom. The van der Waals surface area contributed by atoms with E-state index in [4.69, 9.17) is 18.9 Å². The van der Waals surface area contributed by atoms with Crippen molar-refractivity contribution >= 4 is 5.97 Å². The number of carbonyl (C=O) groups is 1. The van der Waals surface area contributed by atoms with Crippen LogP contribution in [0.1, 0.15) is 5.56 Å². The van der Waals surface area contributed by atoms with Gasteiger partial charge in [-0.25, -0.2) is 0 Å². The number of benzene rings is 1. The number of hydrogen-bond acceptors (Lipinski definition) is 6. The van der Waals surface area contributed by atoms with Gasteiger partial charge in [0, 0.05) is 25.8 Å². The summed E-state index contributed by atoms with van der Waals surface area (Å²) in [6.07, 6.45) is 0.125. The minimum atomic E-state index is -0.340. The molecule has 0 unspecified atom stereocenters. The SMILES string of the molecule is COCOc1ccc(CC(=O)OC)c(OCOC)c1. The third-order valence-corrected chi connectivity index (χ3v) is 2.28. The lowest BCUT2D eigenvalue weighted by molar-refractivity contribution is -0.139. The van der Waals surface area contributed by atoms with Gasteiger partial charge < -0.3 is 23.7 Å². The molecule has 0 aliphatic carbocycles. The Labute approximate surface area is 112 Å². The van der Waals surface area contributed by atoms with Gasteiger partial charge in [0.05, 0.1) is 13.5 Å². The zero-order valence-electron chi connectivity index (χ0n) is 11.3. The largest absolute Gasteiger partial charge is 0.469 e. The van der Waals surface area contributed by atoms with Crippen molar-refractivity contribution < 1.29 is 28.5 Å². The molecule has 0 atom stereocenters. The van der Waals surface area contributed by atoms with E-state index in [0.717, 1.165) is 0 Å². The number of hydrogen-bond donors (Lipinski definition) is 0. The Morgan fingerprint density at radius 2 is 1.74 bits per heavy atom. The Bertz CT molecular complexity index is 404. The van der Waals surface area contributed by atoms with Gasteiger partial charge in [0.1, 0.15) is 11.5 Å². The van der Waals surface area contributed by atoms with Gasteiger partial charge in [-0.05, 0) is 6.07 Å². The van der Waals surface area contributed by atoms with E-state index in [9.17, 15) is 4.79 Å². The number of carbonyl (C=O) groups excluding carboxylic acids is 1. The average Bonchev–Trinajstić information content (AvgIpc) is 2.44. The van der Waals surface area contributed by atoms with E-state index < -0.39 is 0 Å². The molecule has 0 N–H and O–H groups in total. The van der Waals surface area contributed by atoms with Gasteiger partial charge in [-0.15, -0.1) is 0 Å². The van der Waals surface area contributed by atoms with Crippen LogP contribution in [0.4, 0.5) is 0 Å². The molecule has 0 fully saturated rings. The van der Waals surface area contributed by atoms with Crippen LogP contribution in [0.25, 0.3) is 0 Å². The smallest absolute Gasteiger partial charge is 0.310 e. The standard InChI is InChI=1S/C13H18O6/c1-15-8-18-11-5-4-10(6-13(14)17-3)12(7-11)19-9-16-2/h4-5,7H,6,8-9H2,1-3H3. The summed E-state index contributed by atoms with van der Waals surface area (Å²) >= 11 is 0. The summed E-state index contributed by atoms with van der Waals surface area (Å²) in [6, 6.07) is 5.15. The molecule has 1 aromatic carbocycles. The lowest BCUT2D eigenvalue weighted by Gasteiger charge is -2.12. The van der Waals surface area contributed by atoms with Crippen molar-refractivity contribution in [2.45, 2.75) is 6.42 Å². The van der Waals surface area contributed by atoms with Crippen molar-refractivity contribution in [3.05, 3.63) is 23.8 Å². The molecule has 1 aromatic rings. The fraction of sp³-hybridized carbons (Fsp3) is 0.462. The van der Waals surface area contributed by atoms with Gasteiger partial charge in [-0.2, -0.15) is 0 Å². The van der Waals surface area contributed by atoms with Crippen LogP contribution >= 0.6 is 0 Å². The van der Waals surface area contributed by atoms with Crippen molar-refractivity contribution in [1.82, 2.24) is 0 Å². The highest BCUT2D eigenvalue weighted by Gasteiger charge is 2.11. The second-order valence-corrected chi connectivity index (χ2v) is 3.62. The second-order valence-electron chi connectivity index (χ2n) is 3.62. The summed E-state index contributed by atoms with van der Waals surface area (Å²) in [4.78, 5) is 11.3. The van der Waals surface area contributed by atoms with E-state index >= 15 is 0 Å². The highest BCUT2D eigenvalue weighted by molar-refractivity contribution is 5.73. The number of rotatable bonds is 8. The molecule has 106 valence electrons. The molecule has 0 saturated carbocycles. The Balaban J connectivity index is 2.85. The van der Waals surface area contributed by atoms with Gasteiger partial charge in [0.25, 0.3) is 0 Å². The van der Waals surface area contributed by atoms with Crippen LogP contribution in [0.5, 0.6) is 11.5 Å². The maximum Gasteiger partial charge on any atom is 0.310 e. The molecule has 6 nitrogen and oxygen atoms in total. The van der Waals surface area contributed by atoms with Crippen LogP contribution in [0, 0.1) is 0 Å². The van der Waals surface area contributed by atoms with Crippen LogP contribution in [-0.2, 0) is 25.4 Å². The van der Waals surface area contributed by atoms with Gasteiger partial charge in [0.15, 0.2) is 13.6 Å². The molecule has 6 heteroatoms. The first kappa shape index (κ1) is 15.3. The van der Waals surface area contributed by atoms with Crippen LogP contribution in [0.3, 0.4) is 0 Å². The normalized spacial score (nSPS) is 10.1. The van der Waals surface area contributed by atoms with Crippen molar-refractivity contribution in [2.24, 2.45) is 0 Å². The summed E-state index contributed by atoms with van der Waals surface area (Å²) in [6.45, 7) is 0.224. The lowest BCUT2D eigenvalue weighted by Crippen LogP contribution is -2.08. The molecule has 0 aromatic heterocycles. The molecular formula is C13H18O6. The monoisotopic (exact) mass is 270 g/mol. The van der Waals surface area contributed by atoms with E-state index in [1.807, 2.05) is 0 Å². The molecule has 19 heavy (non-hydrogen) atoms. The van der Waals surface area contributed by atoms with Gasteiger partial charge >= 0.3 is 5.97 Å². The van der Waals surface area contributed by atoms with E-state index in [1.165, 1.54) is 21.3 Å². The van der Waals surface area contributed by atoms with Gasteiger partial charge in [-0.1, -0.05) is 6.07 Å². The summed E-state index contributed by atoms with van der Waals surface area (Å²) in [5, 5.41) is 0. The highest BCUT2D eigenvalue weighted by Crippen LogP contribution is 2.26. The van der Waals surface area contributed by atoms with Crippen LogP contribution < -0.4 is 9.47 Å². The highest BCUT2D eigenvalue weighted by atomic mass is 16.7. The topological polar surface area (TPSA) is 63.2 Å². The summed E-state index contributed by atoms with van der Waals surface area (Å²) in [5.41, 5.74) is 0.702. The molecule has 0 radical (unpaired) electrons. The molecule has 0 spiro atoms. The summed E-state index contributed by atoms with van der Waals surface area (Å²) in [7, 11) is 4.40. The quantitative estimate of drug-likeness (QED) is 0.525. The zero-order chi connectivity index (χ0) is 14.1. The maximum atomic E-state index is 11.3. The lowest BCUT2D eigenvalue weighted by atomic mass is 10.1. The number of esters is 1. The number of ether oxygens (including phenoxy) is 5. The first-order valence-corrected chi connectivity index (χ1v) is 5.64.